The van der Waals surface area contributed by atoms with Crippen molar-refractivity contribution in [2.75, 3.05) is 0 Å². The van der Waals surface area contributed by atoms with Crippen molar-refractivity contribution in [2.24, 2.45) is 0 Å². The quantitative estimate of drug-likeness (QED) is 0.688. The zero-order chi connectivity index (χ0) is 8.97. The van der Waals surface area contributed by atoms with Gasteiger partial charge in [0.25, 0.3) is 0 Å². The third kappa shape index (κ3) is 2.62. The molecule has 0 spiro atoms. The maximum Gasteiger partial charge on any atom is 0.387 e. The van der Waals surface area contributed by atoms with Crippen LogP contribution < -0.4 is 4.74 Å². The number of nitrogens with zero attached hydrogens (tertiary/aromatic N) is 1. The molecular formula is C7H6ClF2NO. The molecule has 0 radical (unpaired) electrons. The number of hydrogen-bond donors (Lipinski definition) is 0. The Morgan fingerprint density at radius 3 is 2.67 bits per heavy atom. The molecule has 0 N–H and O–H groups in total. The van der Waals surface area contributed by atoms with Crippen LogP contribution in [0.1, 0.15) is 5.69 Å². The molecule has 0 bridgehead atoms. The number of halogens is 3. The Labute approximate surface area is 73.1 Å². The maximum absolute atomic E-state index is 11.6. The monoisotopic (exact) mass is 193 g/mol. The molecule has 1 rings (SSSR count). The molecule has 66 valence electrons. The van der Waals surface area contributed by atoms with Crippen LogP contribution in [0.15, 0.2) is 18.3 Å². The molecule has 0 saturated heterocycles. The van der Waals surface area contributed by atoms with Gasteiger partial charge >= 0.3 is 6.61 Å². The van der Waals surface area contributed by atoms with Crippen molar-refractivity contribution < 1.29 is 13.5 Å². The Hall–Kier alpha value is -0.900. The molecule has 1 heterocycles. The Morgan fingerprint density at radius 2 is 2.25 bits per heavy atom. The van der Waals surface area contributed by atoms with E-state index in [1.807, 2.05) is 0 Å². The summed E-state index contributed by atoms with van der Waals surface area (Å²) in [6, 6.07) is 2.93. The molecule has 5 heteroatoms. The molecule has 12 heavy (non-hydrogen) atoms. The Kier molecular flexibility index (Phi) is 3.22. The van der Waals surface area contributed by atoms with Crippen molar-refractivity contribution in [1.29, 1.82) is 0 Å². The topological polar surface area (TPSA) is 22.1 Å². The van der Waals surface area contributed by atoms with E-state index in [1.165, 1.54) is 18.3 Å². The molecule has 0 fully saturated rings. The highest BCUT2D eigenvalue weighted by Gasteiger charge is 2.03. The highest BCUT2D eigenvalue weighted by molar-refractivity contribution is 6.16. The van der Waals surface area contributed by atoms with Gasteiger partial charge in [-0.3, -0.25) is 4.98 Å². The first-order chi connectivity index (χ1) is 5.72. The molecule has 1 aromatic rings. The van der Waals surface area contributed by atoms with Gasteiger partial charge in [0, 0.05) is 0 Å². The molecule has 0 atom stereocenters. The van der Waals surface area contributed by atoms with E-state index < -0.39 is 6.61 Å². The van der Waals surface area contributed by atoms with Crippen LogP contribution in [0.4, 0.5) is 8.78 Å². The van der Waals surface area contributed by atoms with E-state index in [0.717, 1.165) is 0 Å². The number of ether oxygens (including phenoxy) is 1. The van der Waals surface area contributed by atoms with Crippen molar-refractivity contribution >= 4 is 11.6 Å². The summed E-state index contributed by atoms with van der Waals surface area (Å²) in [5.41, 5.74) is 0.623. The SMILES string of the molecule is FC(F)Oc1ccc(CCl)nc1. The van der Waals surface area contributed by atoms with Gasteiger partial charge in [-0.1, -0.05) is 0 Å². The highest BCUT2D eigenvalue weighted by atomic mass is 35.5. The fraction of sp³-hybridized carbons (Fsp3) is 0.286. The van der Waals surface area contributed by atoms with Crippen LogP contribution in [0, 0.1) is 0 Å². The molecule has 0 unspecified atom stereocenters. The summed E-state index contributed by atoms with van der Waals surface area (Å²) in [6.45, 7) is -2.81. The normalized spacial score (nSPS) is 10.3. The van der Waals surface area contributed by atoms with Crippen LogP contribution >= 0.6 is 11.6 Å². The summed E-state index contributed by atoms with van der Waals surface area (Å²) >= 11 is 5.43. The molecule has 0 aliphatic heterocycles. The van der Waals surface area contributed by atoms with Crippen LogP contribution in [0.25, 0.3) is 0 Å². The first kappa shape index (κ1) is 9.19. The number of aromatic nitrogens is 1. The minimum absolute atomic E-state index is 0.0406. The van der Waals surface area contributed by atoms with E-state index >= 15 is 0 Å². The van der Waals surface area contributed by atoms with Crippen LogP contribution in [0.3, 0.4) is 0 Å². The lowest BCUT2D eigenvalue weighted by Crippen LogP contribution is -2.02. The van der Waals surface area contributed by atoms with E-state index in [9.17, 15) is 8.78 Å². The van der Waals surface area contributed by atoms with Crippen molar-refractivity contribution in [3.63, 3.8) is 0 Å². The van der Waals surface area contributed by atoms with Crippen molar-refractivity contribution in [1.82, 2.24) is 4.98 Å². The summed E-state index contributed by atoms with van der Waals surface area (Å²) in [6.07, 6.45) is 1.21. The third-order valence-electron chi connectivity index (χ3n) is 1.16. The largest absolute Gasteiger partial charge is 0.433 e. The van der Waals surface area contributed by atoms with Gasteiger partial charge in [-0.2, -0.15) is 8.78 Å². The minimum Gasteiger partial charge on any atom is -0.433 e. The molecular weight excluding hydrogens is 188 g/mol. The van der Waals surface area contributed by atoms with Gasteiger partial charge in [-0.05, 0) is 12.1 Å². The lowest BCUT2D eigenvalue weighted by Gasteiger charge is -2.02. The number of alkyl halides is 3. The zero-order valence-corrected chi connectivity index (χ0v) is 6.76. The average molecular weight is 194 g/mol. The van der Waals surface area contributed by atoms with Crippen LogP contribution in [-0.2, 0) is 5.88 Å². The molecule has 0 aliphatic rings. The lowest BCUT2D eigenvalue weighted by molar-refractivity contribution is -0.0500. The van der Waals surface area contributed by atoms with Gasteiger partial charge in [0.1, 0.15) is 5.75 Å². The fourth-order valence-electron chi connectivity index (χ4n) is 0.663. The van der Waals surface area contributed by atoms with Crippen LogP contribution in [0.5, 0.6) is 5.75 Å². The molecule has 1 aromatic heterocycles. The smallest absolute Gasteiger partial charge is 0.387 e. The van der Waals surface area contributed by atoms with Crippen molar-refractivity contribution in [2.45, 2.75) is 12.5 Å². The Balaban J connectivity index is 2.65. The van der Waals surface area contributed by atoms with Crippen molar-refractivity contribution in [3.05, 3.63) is 24.0 Å². The van der Waals surface area contributed by atoms with Gasteiger partial charge in [-0.15, -0.1) is 11.6 Å². The number of pyridine rings is 1. The van der Waals surface area contributed by atoms with Crippen molar-refractivity contribution in [3.8, 4) is 5.75 Å². The second kappa shape index (κ2) is 4.21. The summed E-state index contributed by atoms with van der Waals surface area (Å²) in [7, 11) is 0. The van der Waals surface area contributed by atoms with E-state index in [4.69, 9.17) is 11.6 Å². The first-order valence-corrected chi connectivity index (χ1v) is 3.71. The Bertz CT molecular complexity index is 240. The second-order valence-electron chi connectivity index (χ2n) is 2.00. The standard InChI is InChI=1S/C7H6ClF2NO/c8-3-5-1-2-6(4-11-5)12-7(9)10/h1-2,4,7H,3H2. The molecule has 0 aliphatic carbocycles. The number of rotatable bonds is 3. The highest BCUT2D eigenvalue weighted by Crippen LogP contribution is 2.12. The van der Waals surface area contributed by atoms with Gasteiger partial charge < -0.3 is 4.74 Å². The first-order valence-electron chi connectivity index (χ1n) is 3.18. The van der Waals surface area contributed by atoms with E-state index in [2.05, 4.69) is 9.72 Å². The van der Waals surface area contributed by atoms with Crippen LogP contribution in [-0.4, -0.2) is 11.6 Å². The third-order valence-corrected chi connectivity index (χ3v) is 1.43. The summed E-state index contributed by atoms with van der Waals surface area (Å²) < 4.78 is 27.3. The lowest BCUT2D eigenvalue weighted by atomic mass is 10.4. The number of hydrogen-bond acceptors (Lipinski definition) is 2. The predicted octanol–water partition coefficient (Wildman–Crippen LogP) is 2.42. The van der Waals surface area contributed by atoms with Gasteiger partial charge in [0.05, 0.1) is 17.8 Å². The maximum atomic E-state index is 11.6. The molecule has 0 amide bonds. The van der Waals surface area contributed by atoms with E-state index in [-0.39, 0.29) is 11.6 Å². The van der Waals surface area contributed by atoms with Gasteiger partial charge in [0.2, 0.25) is 0 Å². The average Bonchev–Trinajstić information content (AvgIpc) is 2.05. The Morgan fingerprint density at radius 1 is 1.50 bits per heavy atom. The summed E-state index contributed by atoms with van der Waals surface area (Å²) in [4.78, 5) is 3.76. The predicted molar refractivity (Wildman–Crippen MR) is 40.4 cm³/mol. The second-order valence-corrected chi connectivity index (χ2v) is 2.26. The fourth-order valence-corrected chi connectivity index (χ4v) is 0.821. The van der Waals surface area contributed by atoms with Crippen LogP contribution in [0.2, 0.25) is 0 Å². The molecule has 0 aromatic carbocycles. The summed E-state index contributed by atoms with van der Waals surface area (Å²) in [5.74, 6) is 0.300. The molecule has 0 saturated carbocycles. The van der Waals surface area contributed by atoms with Gasteiger partial charge in [0.15, 0.2) is 0 Å². The van der Waals surface area contributed by atoms with E-state index in [1.54, 1.807) is 0 Å². The molecule has 2 nitrogen and oxygen atoms in total. The summed E-state index contributed by atoms with van der Waals surface area (Å²) in [5, 5.41) is 0. The minimum atomic E-state index is -2.81. The van der Waals surface area contributed by atoms with Gasteiger partial charge in [-0.25, -0.2) is 0 Å². The zero-order valence-electron chi connectivity index (χ0n) is 6.01. The van der Waals surface area contributed by atoms with E-state index in [0.29, 0.717) is 5.69 Å².